The molecule has 29 heavy (non-hydrogen) atoms. The Bertz CT molecular complexity index is 1010. The van der Waals surface area contributed by atoms with E-state index in [0.29, 0.717) is 24.2 Å². The number of nitrogens with zero attached hydrogens (tertiary/aromatic N) is 1. The molecule has 0 spiro atoms. The van der Waals surface area contributed by atoms with Crippen molar-refractivity contribution in [3.05, 3.63) is 60.2 Å². The average molecular weight is 416 g/mol. The zero-order chi connectivity index (χ0) is 20.9. The second-order valence-electron chi connectivity index (χ2n) is 6.34. The van der Waals surface area contributed by atoms with Gasteiger partial charge in [-0.15, -0.1) is 0 Å². The normalized spacial score (nSPS) is 13.9. The molecule has 0 bridgehead atoms. The lowest BCUT2D eigenvalue weighted by atomic mass is 10.2. The number of benzene rings is 2. The first-order valence-electron chi connectivity index (χ1n) is 8.91. The predicted molar refractivity (Wildman–Crippen MR) is 105 cm³/mol. The third-order valence-electron chi connectivity index (χ3n) is 4.31. The van der Waals surface area contributed by atoms with Gasteiger partial charge in [-0.2, -0.15) is 0 Å². The number of rotatable bonds is 6. The first-order valence-corrected chi connectivity index (χ1v) is 10.4. The maximum absolute atomic E-state index is 12.3. The van der Waals surface area contributed by atoms with Crippen LogP contribution < -0.4 is 20.5 Å². The molecular formula is C19H20N4O5S. The Labute approximate surface area is 168 Å². The molecule has 152 valence electrons. The Morgan fingerprint density at radius 3 is 2.28 bits per heavy atom. The topological polar surface area (TPSA) is 125 Å². The van der Waals surface area contributed by atoms with E-state index in [1.165, 1.54) is 12.1 Å². The largest absolute Gasteiger partial charge is 0.312 e. The minimum atomic E-state index is -3.93. The van der Waals surface area contributed by atoms with Gasteiger partial charge in [0.2, 0.25) is 15.9 Å². The number of hydrogen-bond acceptors (Lipinski definition) is 5. The molecule has 0 saturated carbocycles. The van der Waals surface area contributed by atoms with Crippen LogP contribution in [0.25, 0.3) is 0 Å². The zero-order valence-corrected chi connectivity index (χ0v) is 16.2. The summed E-state index contributed by atoms with van der Waals surface area (Å²) in [6.45, 7) is 0.0574. The van der Waals surface area contributed by atoms with Crippen molar-refractivity contribution in [2.75, 3.05) is 18.0 Å². The lowest BCUT2D eigenvalue weighted by Crippen LogP contribution is -2.46. The van der Waals surface area contributed by atoms with Gasteiger partial charge >= 0.3 is 0 Å². The Balaban J connectivity index is 1.52. The van der Waals surface area contributed by atoms with Crippen molar-refractivity contribution >= 4 is 33.4 Å². The first-order chi connectivity index (χ1) is 13.9. The summed E-state index contributed by atoms with van der Waals surface area (Å²) >= 11 is 0. The molecule has 3 amide bonds. The molecule has 3 rings (SSSR count). The highest BCUT2D eigenvalue weighted by Gasteiger charge is 2.22. The van der Waals surface area contributed by atoms with Crippen LogP contribution in [0.15, 0.2) is 59.5 Å². The van der Waals surface area contributed by atoms with E-state index in [4.69, 9.17) is 0 Å². The Morgan fingerprint density at radius 2 is 1.66 bits per heavy atom. The van der Waals surface area contributed by atoms with E-state index >= 15 is 0 Å². The number of carbonyl (C=O) groups excluding carboxylic acids is 3. The van der Waals surface area contributed by atoms with Gasteiger partial charge in [-0.3, -0.25) is 25.2 Å². The molecule has 1 saturated heterocycles. The van der Waals surface area contributed by atoms with E-state index in [2.05, 4.69) is 15.6 Å². The van der Waals surface area contributed by atoms with Crippen molar-refractivity contribution in [2.45, 2.75) is 17.7 Å². The van der Waals surface area contributed by atoms with E-state index in [0.717, 1.165) is 6.42 Å². The molecule has 1 heterocycles. The Kier molecular flexibility index (Phi) is 6.25. The van der Waals surface area contributed by atoms with E-state index in [9.17, 15) is 22.8 Å². The van der Waals surface area contributed by atoms with Gasteiger partial charge in [-0.05, 0) is 42.8 Å². The van der Waals surface area contributed by atoms with Gasteiger partial charge in [0.1, 0.15) is 0 Å². The number of nitrogens with one attached hydrogen (secondary N) is 3. The van der Waals surface area contributed by atoms with Crippen LogP contribution in [0.5, 0.6) is 0 Å². The summed E-state index contributed by atoms with van der Waals surface area (Å²) in [4.78, 5) is 37.0. The van der Waals surface area contributed by atoms with Crippen molar-refractivity contribution in [3.8, 4) is 0 Å². The van der Waals surface area contributed by atoms with Crippen LogP contribution in [0, 0.1) is 0 Å². The highest BCUT2D eigenvalue weighted by molar-refractivity contribution is 7.89. The van der Waals surface area contributed by atoms with Crippen LogP contribution in [-0.4, -0.2) is 39.2 Å². The summed E-state index contributed by atoms with van der Waals surface area (Å²) < 4.78 is 26.8. The summed E-state index contributed by atoms with van der Waals surface area (Å²) in [6, 6.07) is 14.1. The van der Waals surface area contributed by atoms with Gasteiger partial charge in [0.25, 0.3) is 11.8 Å². The van der Waals surface area contributed by atoms with Gasteiger partial charge in [0.15, 0.2) is 0 Å². The fourth-order valence-electron chi connectivity index (χ4n) is 2.80. The summed E-state index contributed by atoms with van der Waals surface area (Å²) in [5, 5.41) is 0. The molecule has 2 aromatic rings. The summed E-state index contributed by atoms with van der Waals surface area (Å²) in [6.07, 6.45) is 1.26. The molecule has 0 unspecified atom stereocenters. The molecule has 3 N–H and O–H groups in total. The smallest absolute Gasteiger partial charge is 0.269 e. The van der Waals surface area contributed by atoms with Crippen LogP contribution in [0.1, 0.15) is 23.2 Å². The molecule has 9 nitrogen and oxygen atoms in total. The quantitative estimate of drug-likeness (QED) is 0.593. The fraction of sp³-hybridized carbons (Fsp3) is 0.211. The van der Waals surface area contributed by atoms with Gasteiger partial charge in [-0.1, -0.05) is 18.2 Å². The molecule has 1 aliphatic rings. The highest BCUT2D eigenvalue weighted by atomic mass is 32.2. The number of hydrazine groups is 1. The minimum Gasteiger partial charge on any atom is -0.312 e. The summed E-state index contributed by atoms with van der Waals surface area (Å²) in [7, 11) is -3.93. The Hall–Kier alpha value is -3.24. The van der Waals surface area contributed by atoms with Gasteiger partial charge in [-0.25, -0.2) is 13.1 Å². The Morgan fingerprint density at radius 1 is 0.966 bits per heavy atom. The summed E-state index contributed by atoms with van der Waals surface area (Å²) in [5.41, 5.74) is 5.34. The first kappa shape index (κ1) is 20.5. The molecule has 2 aromatic carbocycles. The van der Waals surface area contributed by atoms with E-state index in [1.807, 2.05) is 0 Å². The molecule has 10 heteroatoms. The monoisotopic (exact) mass is 416 g/mol. The van der Waals surface area contributed by atoms with Crippen molar-refractivity contribution < 1.29 is 22.8 Å². The fourth-order valence-corrected chi connectivity index (χ4v) is 3.78. The second-order valence-corrected chi connectivity index (χ2v) is 8.10. The van der Waals surface area contributed by atoms with Gasteiger partial charge < -0.3 is 4.90 Å². The zero-order valence-electron chi connectivity index (χ0n) is 15.4. The maximum Gasteiger partial charge on any atom is 0.269 e. The maximum atomic E-state index is 12.3. The average Bonchev–Trinajstić information content (AvgIpc) is 3.17. The molecule has 1 fully saturated rings. The van der Waals surface area contributed by atoms with Crippen LogP contribution in [-0.2, 0) is 19.6 Å². The van der Waals surface area contributed by atoms with E-state index < -0.39 is 28.4 Å². The van der Waals surface area contributed by atoms with Crippen LogP contribution in [0.3, 0.4) is 0 Å². The highest BCUT2D eigenvalue weighted by Crippen LogP contribution is 2.22. The van der Waals surface area contributed by atoms with Crippen LogP contribution in [0.2, 0.25) is 0 Å². The molecule has 1 aliphatic heterocycles. The molecule has 0 aliphatic carbocycles. The third kappa shape index (κ3) is 5.18. The predicted octanol–water partition coefficient (Wildman–Crippen LogP) is 0.553. The van der Waals surface area contributed by atoms with Crippen molar-refractivity contribution in [2.24, 2.45) is 0 Å². The van der Waals surface area contributed by atoms with Crippen LogP contribution in [0.4, 0.5) is 5.69 Å². The number of anilines is 1. The van der Waals surface area contributed by atoms with Crippen molar-refractivity contribution in [1.29, 1.82) is 0 Å². The SMILES string of the molecule is O=C(CNS(=O)(=O)c1ccc(N2CCCC2=O)cc1)NNC(=O)c1ccccc1. The molecule has 0 atom stereocenters. The van der Waals surface area contributed by atoms with Gasteiger partial charge in [0, 0.05) is 24.2 Å². The number of sulfonamides is 1. The van der Waals surface area contributed by atoms with Gasteiger partial charge in [0.05, 0.1) is 11.4 Å². The molecular weight excluding hydrogens is 396 g/mol. The molecule has 0 aromatic heterocycles. The number of hydrogen-bond donors (Lipinski definition) is 3. The van der Waals surface area contributed by atoms with E-state index in [-0.39, 0.29) is 10.8 Å². The lowest BCUT2D eigenvalue weighted by molar-refractivity contribution is -0.120. The number of amides is 3. The minimum absolute atomic E-state index is 0.00736. The molecule has 0 radical (unpaired) electrons. The van der Waals surface area contributed by atoms with Crippen molar-refractivity contribution in [1.82, 2.24) is 15.6 Å². The van der Waals surface area contributed by atoms with Crippen molar-refractivity contribution in [3.63, 3.8) is 0 Å². The number of carbonyl (C=O) groups is 3. The second kappa shape index (κ2) is 8.84. The standard InChI is InChI=1S/C19H20N4O5S/c24-17(21-22-19(26)14-5-2-1-3-6-14)13-20-29(27,28)16-10-8-15(9-11-16)23-12-4-7-18(23)25/h1-3,5-6,8-11,20H,4,7,12-13H2,(H,21,24)(H,22,26). The summed E-state index contributed by atoms with van der Waals surface area (Å²) in [5.74, 6) is -1.24. The lowest BCUT2D eigenvalue weighted by Gasteiger charge is -2.16. The van der Waals surface area contributed by atoms with E-state index in [1.54, 1.807) is 47.4 Å². The third-order valence-corrected chi connectivity index (χ3v) is 5.72. The van der Waals surface area contributed by atoms with Crippen LogP contribution >= 0.6 is 0 Å².